The molecular formula is C11H22N2O4. The third-order valence-electron chi connectivity index (χ3n) is 2.33. The van der Waals surface area contributed by atoms with E-state index in [1.54, 1.807) is 6.92 Å². The molecular weight excluding hydrogens is 224 g/mol. The summed E-state index contributed by atoms with van der Waals surface area (Å²) < 4.78 is 5.21. The number of aliphatic carboxylic acids is 1. The fraction of sp³-hybridized carbons (Fsp3) is 0.818. The zero-order valence-corrected chi connectivity index (χ0v) is 10.6. The molecule has 0 aliphatic carbocycles. The molecule has 17 heavy (non-hydrogen) atoms. The van der Waals surface area contributed by atoms with Crippen molar-refractivity contribution in [1.82, 2.24) is 5.32 Å². The lowest BCUT2D eigenvalue weighted by molar-refractivity contribution is -0.140. The number of amides is 1. The van der Waals surface area contributed by atoms with Crippen LogP contribution in [0.2, 0.25) is 0 Å². The molecule has 0 bridgehead atoms. The Labute approximate surface area is 102 Å². The number of carbonyl (C=O) groups is 2. The van der Waals surface area contributed by atoms with Crippen LogP contribution in [0, 0.1) is 5.92 Å². The van der Waals surface area contributed by atoms with Crippen molar-refractivity contribution >= 4 is 11.9 Å². The first-order chi connectivity index (χ1) is 7.88. The number of carboxylic acid groups (broad SMARTS) is 1. The van der Waals surface area contributed by atoms with Gasteiger partial charge in [0, 0.05) is 13.2 Å². The molecule has 0 aromatic heterocycles. The van der Waals surface area contributed by atoms with E-state index in [1.807, 2.05) is 13.8 Å². The number of hydrogen-bond acceptors (Lipinski definition) is 4. The van der Waals surface area contributed by atoms with Crippen LogP contribution in [0.3, 0.4) is 0 Å². The highest BCUT2D eigenvalue weighted by Gasteiger charge is 2.19. The number of carboxylic acids is 1. The van der Waals surface area contributed by atoms with Crippen LogP contribution in [0.25, 0.3) is 0 Å². The average molecular weight is 246 g/mol. The fourth-order valence-corrected chi connectivity index (χ4v) is 1.26. The van der Waals surface area contributed by atoms with E-state index in [0.717, 1.165) is 0 Å². The Morgan fingerprint density at radius 3 is 2.41 bits per heavy atom. The minimum Gasteiger partial charge on any atom is -0.481 e. The van der Waals surface area contributed by atoms with Gasteiger partial charge in [-0.25, -0.2) is 0 Å². The number of nitrogens with one attached hydrogen (secondary N) is 1. The van der Waals surface area contributed by atoms with E-state index in [9.17, 15) is 9.59 Å². The van der Waals surface area contributed by atoms with Gasteiger partial charge in [0.05, 0.1) is 18.6 Å². The SMILES string of the molecule is CCOC(CNC(=O)C(N)C(C)C)CC(=O)O. The van der Waals surface area contributed by atoms with Crippen molar-refractivity contribution < 1.29 is 19.4 Å². The summed E-state index contributed by atoms with van der Waals surface area (Å²) in [5.41, 5.74) is 5.65. The minimum absolute atomic E-state index is 0.0417. The Balaban J connectivity index is 4.11. The second kappa shape index (κ2) is 8.03. The highest BCUT2D eigenvalue weighted by Crippen LogP contribution is 2.00. The van der Waals surface area contributed by atoms with Crippen LogP contribution in [-0.4, -0.2) is 42.3 Å². The Morgan fingerprint density at radius 2 is 2.00 bits per heavy atom. The van der Waals surface area contributed by atoms with Gasteiger partial charge in [-0.1, -0.05) is 13.8 Å². The van der Waals surface area contributed by atoms with Crippen molar-refractivity contribution in [2.45, 2.75) is 39.3 Å². The second-order valence-corrected chi connectivity index (χ2v) is 4.19. The molecule has 0 radical (unpaired) electrons. The second-order valence-electron chi connectivity index (χ2n) is 4.19. The van der Waals surface area contributed by atoms with E-state index in [2.05, 4.69) is 5.32 Å². The molecule has 0 heterocycles. The molecule has 0 saturated heterocycles. The van der Waals surface area contributed by atoms with Crippen molar-refractivity contribution in [2.24, 2.45) is 11.7 Å². The Morgan fingerprint density at radius 1 is 1.41 bits per heavy atom. The van der Waals surface area contributed by atoms with Crippen molar-refractivity contribution in [3.05, 3.63) is 0 Å². The van der Waals surface area contributed by atoms with Gasteiger partial charge in [-0.3, -0.25) is 9.59 Å². The van der Waals surface area contributed by atoms with Gasteiger partial charge in [0.1, 0.15) is 0 Å². The zero-order chi connectivity index (χ0) is 13.4. The molecule has 0 aromatic rings. The van der Waals surface area contributed by atoms with Crippen LogP contribution in [0.5, 0.6) is 0 Å². The molecule has 0 aromatic carbocycles. The van der Waals surface area contributed by atoms with E-state index in [1.165, 1.54) is 0 Å². The summed E-state index contributed by atoms with van der Waals surface area (Å²) in [5, 5.41) is 11.3. The predicted molar refractivity (Wildman–Crippen MR) is 63.5 cm³/mol. The first kappa shape index (κ1) is 15.9. The van der Waals surface area contributed by atoms with Crippen LogP contribution in [0.1, 0.15) is 27.2 Å². The number of nitrogens with two attached hydrogens (primary N) is 1. The molecule has 6 heteroatoms. The molecule has 100 valence electrons. The molecule has 0 aliphatic heterocycles. The van der Waals surface area contributed by atoms with Crippen LogP contribution in [0.4, 0.5) is 0 Å². The van der Waals surface area contributed by atoms with Gasteiger partial charge in [-0.15, -0.1) is 0 Å². The van der Waals surface area contributed by atoms with Crippen molar-refractivity contribution in [2.75, 3.05) is 13.2 Å². The van der Waals surface area contributed by atoms with E-state index < -0.39 is 18.1 Å². The number of hydrogen-bond donors (Lipinski definition) is 3. The van der Waals surface area contributed by atoms with Crippen LogP contribution in [-0.2, 0) is 14.3 Å². The lowest BCUT2D eigenvalue weighted by atomic mass is 10.0. The highest BCUT2D eigenvalue weighted by atomic mass is 16.5. The first-order valence-corrected chi connectivity index (χ1v) is 5.75. The van der Waals surface area contributed by atoms with Crippen molar-refractivity contribution in [3.8, 4) is 0 Å². The molecule has 4 N–H and O–H groups in total. The van der Waals surface area contributed by atoms with E-state index in [4.69, 9.17) is 15.6 Å². The molecule has 0 saturated carbocycles. The van der Waals surface area contributed by atoms with E-state index in [-0.39, 0.29) is 24.8 Å². The summed E-state index contributed by atoms with van der Waals surface area (Å²) in [7, 11) is 0. The standard InChI is InChI=1S/C11H22N2O4/c1-4-17-8(5-9(14)15)6-13-11(16)10(12)7(2)3/h7-8,10H,4-6,12H2,1-3H3,(H,13,16)(H,14,15). The molecule has 2 atom stereocenters. The lowest BCUT2D eigenvalue weighted by Crippen LogP contribution is -2.46. The molecule has 0 aliphatic rings. The topological polar surface area (TPSA) is 102 Å². The predicted octanol–water partition coefficient (Wildman–Crippen LogP) is -0.0343. The summed E-state index contributed by atoms with van der Waals surface area (Å²) in [6.07, 6.45) is -0.647. The van der Waals surface area contributed by atoms with Gasteiger partial charge in [0.15, 0.2) is 0 Å². The van der Waals surface area contributed by atoms with Crippen molar-refractivity contribution in [3.63, 3.8) is 0 Å². The zero-order valence-electron chi connectivity index (χ0n) is 10.6. The van der Waals surface area contributed by atoms with Crippen LogP contribution in [0.15, 0.2) is 0 Å². The first-order valence-electron chi connectivity index (χ1n) is 5.75. The molecule has 0 fully saturated rings. The van der Waals surface area contributed by atoms with E-state index >= 15 is 0 Å². The van der Waals surface area contributed by atoms with Gasteiger partial charge in [-0.2, -0.15) is 0 Å². The minimum atomic E-state index is -0.953. The fourth-order valence-electron chi connectivity index (χ4n) is 1.26. The maximum Gasteiger partial charge on any atom is 0.306 e. The quantitative estimate of drug-likeness (QED) is 0.558. The monoisotopic (exact) mass is 246 g/mol. The summed E-state index contributed by atoms with van der Waals surface area (Å²) >= 11 is 0. The summed E-state index contributed by atoms with van der Waals surface area (Å²) in [4.78, 5) is 22.1. The Kier molecular flexibility index (Phi) is 7.49. The number of carbonyl (C=O) groups excluding carboxylic acids is 1. The van der Waals surface area contributed by atoms with Gasteiger partial charge in [0.2, 0.25) is 5.91 Å². The summed E-state index contributed by atoms with van der Waals surface area (Å²) in [5.74, 6) is -1.19. The molecule has 0 rings (SSSR count). The third-order valence-corrected chi connectivity index (χ3v) is 2.33. The van der Waals surface area contributed by atoms with Crippen molar-refractivity contribution in [1.29, 1.82) is 0 Å². The normalized spacial score (nSPS) is 14.4. The van der Waals surface area contributed by atoms with Gasteiger partial charge in [0.25, 0.3) is 0 Å². The molecule has 2 unspecified atom stereocenters. The number of ether oxygens (including phenoxy) is 1. The Bertz CT molecular complexity index is 256. The molecule has 1 amide bonds. The lowest BCUT2D eigenvalue weighted by Gasteiger charge is -2.19. The third kappa shape index (κ3) is 6.91. The average Bonchev–Trinajstić information content (AvgIpc) is 2.23. The van der Waals surface area contributed by atoms with Gasteiger partial charge in [-0.05, 0) is 12.8 Å². The van der Waals surface area contributed by atoms with E-state index in [0.29, 0.717) is 6.61 Å². The highest BCUT2D eigenvalue weighted by molar-refractivity contribution is 5.81. The summed E-state index contributed by atoms with van der Waals surface area (Å²) in [6.45, 7) is 6.04. The molecule has 0 spiro atoms. The van der Waals surface area contributed by atoms with Gasteiger partial charge < -0.3 is 20.9 Å². The maximum absolute atomic E-state index is 11.5. The summed E-state index contributed by atoms with van der Waals surface area (Å²) in [6, 6.07) is -0.581. The smallest absolute Gasteiger partial charge is 0.306 e. The Hall–Kier alpha value is -1.14. The van der Waals surface area contributed by atoms with Crippen LogP contribution >= 0.6 is 0 Å². The largest absolute Gasteiger partial charge is 0.481 e. The maximum atomic E-state index is 11.5. The molecule has 6 nitrogen and oxygen atoms in total. The van der Waals surface area contributed by atoms with Gasteiger partial charge >= 0.3 is 5.97 Å². The van der Waals surface area contributed by atoms with Crippen LogP contribution < -0.4 is 11.1 Å². The number of rotatable bonds is 8.